The molecule has 0 spiro atoms. The predicted molar refractivity (Wildman–Crippen MR) is 81.2 cm³/mol. The first-order valence-electron chi connectivity index (χ1n) is 6.97. The third-order valence-electron chi connectivity index (χ3n) is 4.17. The Balaban J connectivity index is 2.25. The topological polar surface area (TPSA) is 91.8 Å². The van der Waals surface area contributed by atoms with E-state index in [1.54, 1.807) is 0 Å². The molecule has 120 valence electrons. The standard InChI is InChI=1S/C15H19NO5S/c1-10(22(2,20)21)14(17)16-8-12(13(9-16)15(18)19)11-6-4-3-5-7-11/h3-7,10,12-13H,8-9H2,1-2H3,(H,18,19)/t10?,12-,13+/m1/s1. The van der Waals surface area contributed by atoms with Gasteiger partial charge in [-0.25, -0.2) is 8.42 Å². The highest BCUT2D eigenvalue weighted by molar-refractivity contribution is 7.92. The summed E-state index contributed by atoms with van der Waals surface area (Å²) in [7, 11) is -3.50. The van der Waals surface area contributed by atoms with Gasteiger partial charge in [0.1, 0.15) is 5.25 Å². The number of carbonyl (C=O) groups is 2. The van der Waals surface area contributed by atoms with Crippen LogP contribution in [0.1, 0.15) is 18.4 Å². The van der Waals surface area contributed by atoms with Crippen LogP contribution in [0.3, 0.4) is 0 Å². The molecule has 0 saturated carbocycles. The van der Waals surface area contributed by atoms with E-state index in [0.717, 1.165) is 11.8 Å². The SMILES string of the molecule is CC(C(=O)N1C[C@H](C(=O)O)[C@@H](c2ccccc2)C1)S(C)(=O)=O. The molecule has 0 aromatic heterocycles. The Morgan fingerprint density at radius 3 is 2.32 bits per heavy atom. The molecule has 1 aliphatic rings. The summed E-state index contributed by atoms with van der Waals surface area (Å²) in [5.74, 6) is -2.56. The molecule has 1 fully saturated rings. The number of hydrogen-bond donors (Lipinski definition) is 1. The van der Waals surface area contributed by atoms with E-state index in [2.05, 4.69) is 0 Å². The number of carbonyl (C=O) groups excluding carboxylic acids is 1. The van der Waals surface area contributed by atoms with Crippen LogP contribution in [-0.4, -0.2) is 54.9 Å². The van der Waals surface area contributed by atoms with E-state index in [4.69, 9.17) is 0 Å². The van der Waals surface area contributed by atoms with Gasteiger partial charge in [-0.15, -0.1) is 0 Å². The summed E-state index contributed by atoms with van der Waals surface area (Å²) in [6.45, 7) is 1.59. The van der Waals surface area contributed by atoms with Gasteiger partial charge in [-0.3, -0.25) is 9.59 Å². The number of likely N-dealkylation sites (tertiary alicyclic amines) is 1. The average molecular weight is 325 g/mol. The second-order valence-electron chi connectivity index (χ2n) is 5.68. The summed E-state index contributed by atoms with van der Waals surface area (Å²) >= 11 is 0. The van der Waals surface area contributed by atoms with Gasteiger partial charge in [0.15, 0.2) is 9.84 Å². The molecule has 22 heavy (non-hydrogen) atoms. The van der Waals surface area contributed by atoms with Crippen molar-refractivity contribution in [1.29, 1.82) is 0 Å². The Kier molecular flexibility index (Phi) is 4.55. The minimum absolute atomic E-state index is 0.0353. The van der Waals surface area contributed by atoms with Crippen LogP contribution in [0, 0.1) is 5.92 Å². The van der Waals surface area contributed by atoms with Crippen LogP contribution in [0.2, 0.25) is 0 Å². The van der Waals surface area contributed by atoms with E-state index < -0.39 is 32.9 Å². The molecule has 0 aliphatic carbocycles. The lowest BCUT2D eigenvalue weighted by Crippen LogP contribution is -2.40. The lowest BCUT2D eigenvalue weighted by Gasteiger charge is -2.20. The van der Waals surface area contributed by atoms with Crippen molar-refractivity contribution in [2.75, 3.05) is 19.3 Å². The van der Waals surface area contributed by atoms with Crippen LogP contribution >= 0.6 is 0 Å². The van der Waals surface area contributed by atoms with Gasteiger partial charge in [0.05, 0.1) is 5.92 Å². The molecule has 3 atom stereocenters. The van der Waals surface area contributed by atoms with Gasteiger partial charge in [0.25, 0.3) is 0 Å². The maximum atomic E-state index is 12.3. The van der Waals surface area contributed by atoms with Gasteiger partial charge in [-0.1, -0.05) is 30.3 Å². The fourth-order valence-electron chi connectivity index (χ4n) is 2.71. The molecular weight excluding hydrogens is 306 g/mol. The van der Waals surface area contributed by atoms with E-state index in [9.17, 15) is 23.1 Å². The molecule has 1 amide bonds. The van der Waals surface area contributed by atoms with Crippen molar-refractivity contribution >= 4 is 21.7 Å². The number of amides is 1. The van der Waals surface area contributed by atoms with Crippen molar-refractivity contribution < 1.29 is 23.1 Å². The summed E-state index contributed by atoms with van der Waals surface area (Å²) in [5.41, 5.74) is 0.845. The number of rotatable bonds is 4. The molecule has 0 bridgehead atoms. The Morgan fingerprint density at radius 2 is 1.82 bits per heavy atom. The van der Waals surface area contributed by atoms with Crippen LogP contribution in [0.15, 0.2) is 30.3 Å². The quantitative estimate of drug-likeness (QED) is 0.882. The molecule has 1 saturated heterocycles. The minimum atomic E-state index is -3.50. The van der Waals surface area contributed by atoms with Crippen molar-refractivity contribution in [3.63, 3.8) is 0 Å². The summed E-state index contributed by atoms with van der Waals surface area (Å²) in [4.78, 5) is 25.1. The zero-order valence-corrected chi connectivity index (χ0v) is 13.3. The molecule has 1 aromatic rings. The first-order chi connectivity index (χ1) is 10.2. The van der Waals surface area contributed by atoms with Crippen LogP contribution in [-0.2, 0) is 19.4 Å². The molecular formula is C15H19NO5S. The average Bonchev–Trinajstić information content (AvgIpc) is 2.91. The van der Waals surface area contributed by atoms with Crippen molar-refractivity contribution in [3.05, 3.63) is 35.9 Å². The van der Waals surface area contributed by atoms with Gasteiger partial charge in [0, 0.05) is 25.3 Å². The zero-order valence-electron chi connectivity index (χ0n) is 12.5. The molecule has 1 heterocycles. The number of benzene rings is 1. The molecule has 1 unspecified atom stereocenters. The number of aliphatic carboxylic acids is 1. The van der Waals surface area contributed by atoms with Gasteiger partial charge in [0.2, 0.25) is 5.91 Å². The van der Waals surface area contributed by atoms with Gasteiger partial charge >= 0.3 is 5.97 Å². The molecule has 1 aliphatic heterocycles. The first-order valence-corrected chi connectivity index (χ1v) is 8.92. The molecule has 7 heteroatoms. The Morgan fingerprint density at radius 1 is 1.23 bits per heavy atom. The van der Waals surface area contributed by atoms with E-state index in [0.29, 0.717) is 0 Å². The largest absolute Gasteiger partial charge is 0.481 e. The van der Waals surface area contributed by atoms with Crippen molar-refractivity contribution in [3.8, 4) is 0 Å². The van der Waals surface area contributed by atoms with Crippen LogP contribution < -0.4 is 0 Å². The number of hydrogen-bond acceptors (Lipinski definition) is 4. The smallest absolute Gasteiger partial charge is 0.308 e. The Hall–Kier alpha value is -1.89. The zero-order chi connectivity index (χ0) is 16.5. The Labute approximate surface area is 129 Å². The van der Waals surface area contributed by atoms with Crippen molar-refractivity contribution in [2.24, 2.45) is 5.92 Å². The highest BCUT2D eigenvalue weighted by Crippen LogP contribution is 2.33. The van der Waals surface area contributed by atoms with E-state index in [1.165, 1.54) is 11.8 Å². The second kappa shape index (κ2) is 6.08. The summed E-state index contributed by atoms with van der Waals surface area (Å²) in [5, 5.41) is 8.23. The molecule has 6 nitrogen and oxygen atoms in total. The van der Waals surface area contributed by atoms with Crippen LogP contribution in [0.5, 0.6) is 0 Å². The lowest BCUT2D eigenvalue weighted by atomic mass is 9.89. The summed E-state index contributed by atoms with van der Waals surface area (Å²) < 4.78 is 23.1. The number of nitrogens with zero attached hydrogens (tertiary/aromatic N) is 1. The van der Waals surface area contributed by atoms with Gasteiger partial charge in [-0.2, -0.15) is 0 Å². The number of carboxylic acids is 1. The molecule has 2 rings (SSSR count). The van der Waals surface area contributed by atoms with E-state index in [-0.39, 0.29) is 19.0 Å². The third-order valence-corrected chi connectivity index (χ3v) is 5.65. The summed E-state index contributed by atoms with van der Waals surface area (Å²) in [6.07, 6.45) is 1.01. The minimum Gasteiger partial charge on any atom is -0.481 e. The normalized spacial score (nSPS) is 23.3. The van der Waals surface area contributed by atoms with Crippen LogP contribution in [0.25, 0.3) is 0 Å². The van der Waals surface area contributed by atoms with E-state index >= 15 is 0 Å². The maximum Gasteiger partial charge on any atom is 0.308 e. The molecule has 1 N–H and O–H groups in total. The second-order valence-corrected chi connectivity index (χ2v) is 8.04. The first kappa shape index (κ1) is 16.5. The monoisotopic (exact) mass is 325 g/mol. The fraction of sp³-hybridized carbons (Fsp3) is 0.467. The lowest BCUT2D eigenvalue weighted by molar-refractivity contribution is -0.141. The predicted octanol–water partition coefficient (Wildman–Crippen LogP) is 0.746. The van der Waals surface area contributed by atoms with Gasteiger partial charge in [-0.05, 0) is 12.5 Å². The van der Waals surface area contributed by atoms with Crippen molar-refractivity contribution in [1.82, 2.24) is 4.90 Å². The maximum absolute atomic E-state index is 12.3. The fourth-order valence-corrected chi connectivity index (χ4v) is 3.23. The number of carboxylic acid groups (broad SMARTS) is 1. The molecule has 1 aromatic carbocycles. The van der Waals surface area contributed by atoms with E-state index in [1.807, 2.05) is 30.3 Å². The highest BCUT2D eigenvalue weighted by atomic mass is 32.2. The van der Waals surface area contributed by atoms with Crippen molar-refractivity contribution in [2.45, 2.75) is 18.1 Å². The van der Waals surface area contributed by atoms with Crippen LogP contribution in [0.4, 0.5) is 0 Å². The highest BCUT2D eigenvalue weighted by Gasteiger charge is 2.42. The molecule has 0 radical (unpaired) electrons. The summed E-state index contributed by atoms with van der Waals surface area (Å²) in [6, 6.07) is 9.13. The Bertz CT molecular complexity index is 670. The third kappa shape index (κ3) is 3.30. The number of sulfone groups is 1. The van der Waals surface area contributed by atoms with Gasteiger partial charge < -0.3 is 10.0 Å².